The maximum atomic E-state index is 5.35. The fourth-order valence-corrected chi connectivity index (χ4v) is 4.35. The van der Waals surface area contributed by atoms with Gasteiger partial charge in [-0.3, -0.25) is 0 Å². The van der Waals surface area contributed by atoms with Crippen molar-refractivity contribution in [1.29, 1.82) is 0 Å². The van der Waals surface area contributed by atoms with Gasteiger partial charge in [-0.15, -0.1) is 0 Å². The molecule has 0 spiro atoms. The second kappa shape index (κ2) is 7.59. The van der Waals surface area contributed by atoms with Gasteiger partial charge >= 0.3 is 8.80 Å². The lowest BCUT2D eigenvalue weighted by atomic mass is 10.4. The van der Waals surface area contributed by atoms with Crippen LogP contribution in [0.1, 0.15) is 12.8 Å². The van der Waals surface area contributed by atoms with Crippen LogP contribution in [0.2, 0.25) is 25.2 Å². The minimum atomic E-state index is -2.27. The molecule has 0 aromatic rings. The summed E-state index contributed by atoms with van der Waals surface area (Å²) in [6.45, 7) is 4.77. The topological polar surface area (TPSA) is 27.7 Å². The first-order valence-electron chi connectivity index (χ1n) is 5.25. The Balaban J connectivity index is 3.71. The van der Waals surface area contributed by atoms with E-state index in [0.29, 0.717) is 0 Å². The van der Waals surface area contributed by atoms with Crippen molar-refractivity contribution in [2.75, 3.05) is 21.3 Å². The average Bonchev–Trinajstić information content (AvgIpc) is 2.19. The van der Waals surface area contributed by atoms with Gasteiger partial charge in [0, 0.05) is 36.2 Å². The molecule has 0 aliphatic carbocycles. The molecule has 0 radical (unpaired) electrons. The zero-order chi connectivity index (χ0) is 11.0. The molecule has 0 aromatic carbocycles. The highest BCUT2D eigenvalue weighted by molar-refractivity contribution is 6.60. The Morgan fingerprint density at radius 1 is 0.929 bits per heavy atom. The van der Waals surface area contributed by atoms with E-state index in [1.54, 1.807) is 21.3 Å². The third kappa shape index (κ3) is 5.26. The van der Waals surface area contributed by atoms with Crippen molar-refractivity contribution in [1.82, 2.24) is 0 Å². The number of hydrogen-bond acceptors (Lipinski definition) is 3. The van der Waals surface area contributed by atoms with Gasteiger partial charge in [-0.2, -0.15) is 0 Å². The normalized spacial score (nSPS) is 12.4. The molecule has 0 heterocycles. The largest absolute Gasteiger partial charge is 0.500 e. The van der Waals surface area contributed by atoms with Crippen LogP contribution in [0, 0.1) is 0 Å². The third-order valence-electron chi connectivity index (χ3n) is 2.45. The predicted octanol–water partition coefficient (Wildman–Crippen LogP) is 2.13. The minimum Gasteiger partial charge on any atom is -0.377 e. The molecular formula is C9H24O3Si2. The van der Waals surface area contributed by atoms with Crippen LogP contribution in [0.15, 0.2) is 0 Å². The van der Waals surface area contributed by atoms with E-state index in [4.69, 9.17) is 13.3 Å². The molecule has 0 aliphatic heterocycles. The molecule has 0 fully saturated rings. The van der Waals surface area contributed by atoms with E-state index in [1.807, 2.05) is 0 Å². The number of rotatable bonds is 8. The average molecular weight is 236 g/mol. The molecule has 86 valence electrons. The van der Waals surface area contributed by atoms with E-state index < -0.39 is 8.80 Å². The number of unbranched alkanes of at least 4 members (excludes halogenated alkanes) is 1. The summed E-state index contributed by atoms with van der Waals surface area (Å²) < 4.78 is 16.0. The summed E-state index contributed by atoms with van der Waals surface area (Å²) >= 11 is 0. The smallest absolute Gasteiger partial charge is 0.377 e. The molecule has 0 N–H and O–H groups in total. The van der Waals surface area contributed by atoms with Crippen LogP contribution in [-0.4, -0.2) is 38.9 Å². The van der Waals surface area contributed by atoms with E-state index in [9.17, 15) is 0 Å². The maximum absolute atomic E-state index is 5.35. The highest BCUT2D eigenvalue weighted by Crippen LogP contribution is 2.17. The summed E-state index contributed by atoms with van der Waals surface area (Å²) in [5, 5.41) is 0. The molecule has 14 heavy (non-hydrogen) atoms. The van der Waals surface area contributed by atoms with Crippen LogP contribution in [0.25, 0.3) is 0 Å². The van der Waals surface area contributed by atoms with Gasteiger partial charge in [0.05, 0.1) is 0 Å². The van der Waals surface area contributed by atoms with Crippen molar-refractivity contribution in [3.63, 3.8) is 0 Å². The maximum Gasteiger partial charge on any atom is 0.500 e. The lowest BCUT2D eigenvalue weighted by Crippen LogP contribution is -2.42. The summed E-state index contributed by atoms with van der Waals surface area (Å²) in [7, 11) is 2.37. The second-order valence-corrected chi connectivity index (χ2v) is 10.4. The molecule has 3 nitrogen and oxygen atoms in total. The van der Waals surface area contributed by atoms with E-state index in [0.717, 1.165) is 12.5 Å². The molecule has 0 bridgehead atoms. The van der Waals surface area contributed by atoms with Crippen LogP contribution in [0.4, 0.5) is 0 Å². The first-order valence-corrected chi connectivity index (χ1v) is 10.3. The van der Waals surface area contributed by atoms with Gasteiger partial charge in [0.25, 0.3) is 0 Å². The molecule has 5 heteroatoms. The first kappa shape index (κ1) is 14.3. The Hall–Kier alpha value is 0.314. The SMILES string of the molecule is CO[Si](CCCC[SiH](C)C)(OC)OC. The molecule has 0 aromatic heterocycles. The van der Waals surface area contributed by atoms with E-state index >= 15 is 0 Å². The molecule has 0 rings (SSSR count). The molecular weight excluding hydrogens is 212 g/mol. The quantitative estimate of drug-likeness (QED) is 0.477. The van der Waals surface area contributed by atoms with Crippen LogP contribution in [0.5, 0.6) is 0 Å². The molecule has 0 saturated heterocycles. The Bertz CT molecular complexity index is 130. The summed E-state index contributed by atoms with van der Waals surface area (Å²) in [4.78, 5) is 0. The van der Waals surface area contributed by atoms with Gasteiger partial charge in [0.15, 0.2) is 0 Å². The highest BCUT2D eigenvalue weighted by Gasteiger charge is 2.36. The highest BCUT2D eigenvalue weighted by atomic mass is 28.4. The van der Waals surface area contributed by atoms with Crippen LogP contribution >= 0.6 is 0 Å². The fraction of sp³-hybridized carbons (Fsp3) is 1.00. The Labute approximate surface area is 90.7 Å². The van der Waals surface area contributed by atoms with Crippen molar-refractivity contribution in [2.45, 2.75) is 38.0 Å². The zero-order valence-corrected chi connectivity index (χ0v) is 12.3. The summed E-state index contributed by atoms with van der Waals surface area (Å²) in [6, 6.07) is 2.35. The lowest BCUT2D eigenvalue weighted by Gasteiger charge is -2.24. The van der Waals surface area contributed by atoms with Gasteiger partial charge in [0.2, 0.25) is 0 Å². The number of hydrogen-bond donors (Lipinski definition) is 0. The van der Waals surface area contributed by atoms with Gasteiger partial charge in [-0.1, -0.05) is 25.6 Å². The van der Waals surface area contributed by atoms with E-state index in [1.165, 1.54) is 12.5 Å². The van der Waals surface area contributed by atoms with Crippen molar-refractivity contribution >= 4 is 17.6 Å². The second-order valence-electron chi connectivity index (χ2n) is 3.94. The molecule has 0 aliphatic rings. The Morgan fingerprint density at radius 2 is 1.43 bits per heavy atom. The van der Waals surface area contributed by atoms with Crippen molar-refractivity contribution in [3.8, 4) is 0 Å². The molecule has 0 atom stereocenters. The zero-order valence-electron chi connectivity index (χ0n) is 10.1. The van der Waals surface area contributed by atoms with Crippen LogP contribution in [0.3, 0.4) is 0 Å². The molecule has 0 saturated carbocycles. The van der Waals surface area contributed by atoms with Crippen molar-refractivity contribution in [3.05, 3.63) is 0 Å². The first-order chi connectivity index (χ1) is 6.60. The Morgan fingerprint density at radius 3 is 1.79 bits per heavy atom. The fourth-order valence-electron chi connectivity index (χ4n) is 1.45. The third-order valence-corrected chi connectivity index (χ3v) is 6.84. The minimum absolute atomic E-state index is 0.390. The van der Waals surface area contributed by atoms with Gasteiger partial charge in [0.1, 0.15) is 0 Å². The van der Waals surface area contributed by atoms with E-state index in [2.05, 4.69) is 13.1 Å². The van der Waals surface area contributed by atoms with Crippen molar-refractivity contribution in [2.24, 2.45) is 0 Å². The van der Waals surface area contributed by atoms with Crippen molar-refractivity contribution < 1.29 is 13.3 Å². The van der Waals surface area contributed by atoms with Crippen LogP contribution in [-0.2, 0) is 13.3 Å². The Kier molecular flexibility index (Phi) is 7.76. The van der Waals surface area contributed by atoms with Crippen LogP contribution < -0.4 is 0 Å². The standard InChI is InChI=1S/C9H24O3Si2/c1-10-14(11-2,12-3)9-7-6-8-13(4)5/h13H,6-9H2,1-5H3. The van der Waals surface area contributed by atoms with Gasteiger partial charge in [-0.05, 0) is 6.42 Å². The summed E-state index contributed by atoms with van der Waals surface area (Å²) in [5.41, 5.74) is 0. The summed E-state index contributed by atoms with van der Waals surface area (Å²) in [6.07, 6.45) is 2.45. The monoisotopic (exact) mass is 236 g/mol. The predicted molar refractivity (Wildman–Crippen MR) is 64.5 cm³/mol. The lowest BCUT2D eigenvalue weighted by molar-refractivity contribution is 0.123. The molecule has 0 unspecified atom stereocenters. The molecule has 0 amide bonds. The van der Waals surface area contributed by atoms with E-state index in [-0.39, 0.29) is 8.80 Å². The van der Waals surface area contributed by atoms with Gasteiger partial charge < -0.3 is 13.3 Å². The summed E-state index contributed by atoms with van der Waals surface area (Å²) in [5.74, 6) is 0. The van der Waals surface area contributed by atoms with Gasteiger partial charge in [-0.25, -0.2) is 0 Å².